The fourth-order valence-electron chi connectivity index (χ4n) is 7.69. The SMILES string of the molecule is CCCCc1ccc2c(c1)oc1cc(-c3ccc4c5ccccc5n(-c5cccc(-c6nc(-c7ccccc7)nc(-c7ccccc7)n6)c5)c4c3)ccc12. The molecule has 0 aliphatic heterocycles. The summed E-state index contributed by atoms with van der Waals surface area (Å²) in [5, 5.41) is 4.71. The van der Waals surface area contributed by atoms with Crippen molar-refractivity contribution in [2.45, 2.75) is 26.2 Å². The van der Waals surface area contributed by atoms with Gasteiger partial charge in [0.25, 0.3) is 0 Å². The van der Waals surface area contributed by atoms with Gasteiger partial charge in [0.1, 0.15) is 11.2 Å². The fraction of sp³-hybridized carbons (Fsp3) is 0.0816. The van der Waals surface area contributed by atoms with Crippen LogP contribution in [-0.4, -0.2) is 19.5 Å². The van der Waals surface area contributed by atoms with Crippen LogP contribution in [0.25, 0.3) is 94.7 Å². The molecule has 0 spiro atoms. The predicted molar refractivity (Wildman–Crippen MR) is 222 cm³/mol. The third kappa shape index (κ3) is 5.62. The van der Waals surface area contributed by atoms with Gasteiger partial charge in [0.15, 0.2) is 17.5 Å². The van der Waals surface area contributed by atoms with Crippen LogP contribution in [0, 0.1) is 0 Å². The van der Waals surface area contributed by atoms with Gasteiger partial charge in [-0.05, 0) is 72.0 Å². The highest BCUT2D eigenvalue weighted by Crippen LogP contribution is 2.38. The van der Waals surface area contributed by atoms with Gasteiger partial charge < -0.3 is 8.98 Å². The minimum atomic E-state index is 0.627. The molecule has 258 valence electrons. The van der Waals surface area contributed by atoms with Gasteiger partial charge in [0, 0.05) is 43.9 Å². The molecule has 10 aromatic rings. The predicted octanol–water partition coefficient (Wildman–Crippen LogP) is 12.9. The molecule has 0 aliphatic carbocycles. The molecule has 5 nitrogen and oxygen atoms in total. The molecule has 0 unspecified atom stereocenters. The number of fused-ring (bicyclic) bond motifs is 6. The lowest BCUT2D eigenvalue weighted by Crippen LogP contribution is -2.01. The van der Waals surface area contributed by atoms with E-state index < -0.39 is 0 Å². The molecule has 0 radical (unpaired) electrons. The topological polar surface area (TPSA) is 56.7 Å². The first-order valence-corrected chi connectivity index (χ1v) is 18.7. The lowest BCUT2D eigenvalue weighted by molar-refractivity contribution is 0.667. The molecule has 3 aromatic heterocycles. The summed E-state index contributed by atoms with van der Waals surface area (Å²) in [6.45, 7) is 2.23. The first-order chi connectivity index (χ1) is 26.7. The summed E-state index contributed by atoms with van der Waals surface area (Å²) < 4.78 is 8.82. The number of rotatable bonds is 8. The largest absolute Gasteiger partial charge is 0.456 e. The Kier molecular flexibility index (Phi) is 7.84. The third-order valence-corrected chi connectivity index (χ3v) is 10.4. The Hall–Kier alpha value is -6.85. The number of aromatic nitrogens is 4. The Morgan fingerprint density at radius 3 is 1.74 bits per heavy atom. The van der Waals surface area contributed by atoms with Crippen LogP contribution < -0.4 is 0 Å². The van der Waals surface area contributed by atoms with Crippen molar-refractivity contribution in [3.8, 4) is 51.0 Å². The number of aryl methyl sites for hydroxylation is 1. The quantitative estimate of drug-likeness (QED) is 0.159. The zero-order valence-electron chi connectivity index (χ0n) is 29.9. The zero-order chi connectivity index (χ0) is 36.0. The minimum absolute atomic E-state index is 0.627. The van der Waals surface area contributed by atoms with Crippen molar-refractivity contribution in [1.29, 1.82) is 0 Å². The van der Waals surface area contributed by atoms with Crippen LogP contribution in [0.4, 0.5) is 0 Å². The number of hydrogen-bond acceptors (Lipinski definition) is 4. The van der Waals surface area contributed by atoms with E-state index in [1.807, 2.05) is 60.7 Å². The van der Waals surface area contributed by atoms with Crippen molar-refractivity contribution < 1.29 is 4.42 Å². The Morgan fingerprint density at radius 2 is 1.02 bits per heavy atom. The molecule has 3 heterocycles. The lowest BCUT2D eigenvalue weighted by atomic mass is 10.0. The Morgan fingerprint density at radius 1 is 0.444 bits per heavy atom. The van der Waals surface area contributed by atoms with E-state index in [0.717, 1.165) is 72.9 Å². The average Bonchev–Trinajstić information content (AvgIpc) is 3.78. The maximum Gasteiger partial charge on any atom is 0.164 e. The Balaban J connectivity index is 1.10. The van der Waals surface area contributed by atoms with Crippen LogP contribution in [-0.2, 0) is 6.42 Å². The standard InChI is InChI=1S/C49H36N4O/c1-2-3-13-32-22-25-41-42-27-24-36(31-46(42)54-45(41)28-32)35-23-26-40-39-20-10-11-21-43(39)53(44(40)30-35)38-19-12-18-37(29-38)49-51-47(33-14-6-4-7-15-33)50-48(52-49)34-16-8-5-9-17-34/h4-12,14-31H,2-3,13H2,1H3. The molecular weight excluding hydrogens is 661 g/mol. The molecule has 0 saturated heterocycles. The molecule has 10 rings (SSSR count). The maximum absolute atomic E-state index is 6.47. The van der Waals surface area contributed by atoms with Crippen LogP contribution in [0.3, 0.4) is 0 Å². The average molecular weight is 697 g/mol. The van der Waals surface area contributed by atoms with E-state index in [-0.39, 0.29) is 0 Å². The number of unbranched alkanes of at least 4 members (excludes halogenated alkanes) is 1. The second kappa shape index (κ2) is 13.3. The van der Waals surface area contributed by atoms with Gasteiger partial charge in [-0.1, -0.05) is 135 Å². The van der Waals surface area contributed by atoms with Crippen LogP contribution in [0.2, 0.25) is 0 Å². The van der Waals surface area contributed by atoms with E-state index in [1.54, 1.807) is 0 Å². The van der Waals surface area contributed by atoms with Gasteiger partial charge >= 0.3 is 0 Å². The van der Waals surface area contributed by atoms with Crippen LogP contribution in [0.15, 0.2) is 168 Å². The molecular formula is C49H36N4O. The van der Waals surface area contributed by atoms with Gasteiger partial charge in [-0.25, -0.2) is 15.0 Å². The van der Waals surface area contributed by atoms with E-state index in [1.165, 1.54) is 29.2 Å². The van der Waals surface area contributed by atoms with Crippen molar-refractivity contribution in [2.75, 3.05) is 0 Å². The van der Waals surface area contributed by atoms with E-state index in [2.05, 4.69) is 115 Å². The maximum atomic E-state index is 6.47. The van der Waals surface area contributed by atoms with Crippen molar-refractivity contribution >= 4 is 43.7 Å². The Bertz CT molecular complexity index is 2920. The summed E-state index contributed by atoms with van der Waals surface area (Å²) in [6.07, 6.45) is 3.44. The number of benzene rings is 7. The summed E-state index contributed by atoms with van der Waals surface area (Å²) in [6, 6.07) is 57.4. The number of nitrogens with zero attached hydrogens (tertiary/aromatic N) is 4. The molecule has 0 amide bonds. The highest BCUT2D eigenvalue weighted by Gasteiger charge is 2.17. The third-order valence-electron chi connectivity index (χ3n) is 10.4. The van der Waals surface area contributed by atoms with Gasteiger partial charge in [-0.15, -0.1) is 0 Å². The molecule has 0 saturated carbocycles. The lowest BCUT2D eigenvalue weighted by Gasteiger charge is -2.12. The number of para-hydroxylation sites is 1. The highest BCUT2D eigenvalue weighted by atomic mass is 16.3. The molecule has 5 heteroatoms. The summed E-state index contributed by atoms with van der Waals surface area (Å²) >= 11 is 0. The van der Waals surface area contributed by atoms with Crippen molar-refractivity contribution in [3.05, 3.63) is 169 Å². The summed E-state index contributed by atoms with van der Waals surface area (Å²) in [5.41, 5.74) is 11.5. The van der Waals surface area contributed by atoms with E-state index in [4.69, 9.17) is 19.4 Å². The summed E-state index contributed by atoms with van der Waals surface area (Å²) in [4.78, 5) is 14.9. The second-order valence-electron chi connectivity index (χ2n) is 13.9. The first kappa shape index (κ1) is 31.9. The molecule has 0 fully saturated rings. The monoisotopic (exact) mass is 696 g/mol. The number of hydrogen-bond donors (Lipinski definition) is 0. The van der Waals surface area contributed by atoms with E-state index in [9.17, 15) is 0 Å². The van der Waals surface area contributed by atoms with Crippen LogP contribution in [0.5, 0.6) is 0 Å². The van der Waals surface area contributed by atoms with Crippen molar-refractivity contribution in [1.82, 2.24) is 19.5 Å². The zero-order valence-corrected chi connectivity index (χ0v) is 29.9. The molecule has 0 atom stereocenters. The van der Waals surface area contributed by atoms with Crippen LogP contribution >= 0.6 is 0 Å². The van der Waals surface area contributed by atoms with Crippen molar-refractivity contribution in [2.24, 2.45) is 0 Å². The summed E-state index contributed by atoms with van der Waals surface area (Å²) in [7, 11) is 0. The minimum Gasteiger partial charge on any atom is -0.456 e. The summed E-state index contributed by atoms with van der Waals surface area (Å²) in [5.74, 6) is 1.91. The van der Waals surface area contributed by atoms with Crippen LogP contribution in [0.1, 0.15) is 25.3 Å². The molecule has 7 aromatic carbocycles. The molecule has 0 bridgehead atoms. The smallest absolute Gasteiger partial charge is 0.164 e. The van der Waals surface area contributed by atoms with Gasteiger partial charge in [-0.3, -0.25) is 0 Å². The second-order valence-corrected chi connectivity index (χ2v) is 13.9. The first-order valence-electron chi connectivity index (χ1n) is 18.7. The van der Waals surface area contributed by atoms with Gasteiger partial charge in [0.05, 0.1) is 11.0 Å². The molecule has 54 heavy (non-hydrogen) atoms. The highest BCUT2D eigenvalue weighted by molar-refractivity contribution is 6.11. The molecule has 0 N–H and O–H groups in total. The molecule has 0 aliphatic rings. The van der Waals surface area contributed by atoms with Gasteiger partial charge in [0.2, 0.25) is 0 Å². The van der Waals surface area contributed by atoms with Crippen molar-refractivity contribution in [3.63, 3.8) is 0 Å². The Labute approximate surface area is 313 Å². The van der Waals surface area contributed by atoms with E-state index in [0.29, 0.717) is 17.5 Å². The van der Waals surface area contributed by atoms with Gasteiger partial charge in [-0.2, -0.15) is 0 Å². The van der Waals surface area contributed by atoms with E-state index >= 15 is 0 Å². The normalized spacial score (nSPS) is 11.6. The fourth-order valence-corrected chi connectivity index (χ4v) is 7.69. The number of furan rings is 1.